The summed E-state index contributed by atoms with van der Waals surface area (Å²) in [5, 5.41) is 0.182. The van der Waals surface area contributed by atoms with Crippen LogP contribution in [-0.4, -0.2) is 21.0 Å². The maximum absolute atomic E-state index is 11.9. The van der Waals surface area contributed by atoms with Crippen molar-refractivity contribution >= 4 is 41.0 Å². The van der Waals surface area contributed by atoms with Crippen molar-refractivity contribution in [2.75, 3.05) is 11.6 Å². The Labute approximate surface area is 119 Å². The van der Waals surface area contributed by atoms with Gasteiger partial charge in [0.1, 0.15) is 17.5 Å². The maximum atomic E-state index is 11.9. The van der Waals surface area contributed by atoms with E-state index in [0.717, 1.165) is 4.90 Å². The standard InChI is InChI=1S/C9H10ClN2O6PS/c1-6-11-20(16,17)9-4-7(10)2-3-8(9)12(6)5-18-19(13,14)15/h2-4H,5H2,1H3,(H2,13,14,15)/p-2. The highest BCUT2D eigenvalue weighted by molar-refractivity contribution is 7.90. The smallest absolute Gasteiger partial charge is 0.286 e. The van der Waals surface area contributed by atoms with Crippen molar-refractivity contribution in [3.63, 3.8) is 0 Å². The van der Waals surface area contributed by atoms with E-state index in [2.05, 4.69) is 8.92 Å². The van der Waals surface area contributed by atoms with E-state index in [1.165, 1.54) is 25.1 Å². The highest BCUT2D eigenvalue weighted by atomic mass is 35.5. The number of hydrogen-bond acceptors (Lipinski definition) is 7. The molecule has 0 aromatic heterocycles. The van der Waals surface area contributed by atoms with Crippen molar-refractivity contribution in [3.8, 4) is 0 Å². The predicted molar refractivity (Wildman–Crippen MR) is 67.8 cm³/mol. The van der Waals surface area contributed by atoms with E-state index < -0.39 is 24.6 Å². The molecule has 0 saturated carbocycles. The van der Waals surface area contributed by atoms with Gasteiger partial charge in [-0.2, -0.15) is 8.42 Å². The summed E-state index contributed by atoms with van der Waals surface area (Å²) < 4.78 is 41.9. The van der Waals surface area contributed by atoms with Crippen LogP contribution in [0, 0.1) is 0 Å². The number of phosphoric ester groups is 1. The van der Waals surface area contributed by atoms with E-state index in [1.807, 2.05) is 0 Å². The molecule has 0 atom stereocenters. The summed E-state index contributed by atoms with van der Waals surface area (Å²) in [4.78, 5) is 22.0. The van der Waals surface area contributed by atoms with Crippen LogP contribution in [0.3, 0.4) is 0 Å². The zero-order valence-corrected chi connectivity index (χ0v) is 12.5. The van der Waals surface area contributed by atoms with Crippen LogP contribution in [0.1, 0.15) is 6.92 Å². The van der Waals surface area contributed by atoms with Gasteiger partial charge in [0.25, 0.3) is 10.0 Å². The largest absolute Gasteiger partial charge is 0.790 e. The molecular weight excluding hydrogens is 331 g/mol. The topological polar surface area (TPSA) is 122 Å². The number of nitrogens with zero attached hydrogens (tertiary/aromatic N) is 2. The number of benzene rings is 1. The second-order valence-corrected chi connectivity index (χ2v) is 7.02. The molecule has 0 fully saturated rings. The first-order valence-electron chi connectivity index (χ1n) is 5.15. The molecule has 8 nitrogen and oxygen atoms in total. The van der Waals surface area contributed by atoms with Gasteiger partial charge in [-0.3, -0.25) is 0 Å². The third-order valence-corrected chi connectivity index (χ3v) is 4.53. The second kappa shape index (κ2) is 5.10. The summed E-state index contributed by atoms with van der Waals surface area (Å²) in [5.74, 6) is -0.0201. The van der Waals surface area contributed by atoms with Gasteiger partial charge in [-0.1, -0.05) is 11.6 Å². The van der Waals surface area contributed by atoms with Crippen LogP contribution < -0.4 is 14.7 Å². The van der Waals surface area contributed by atoms with Gasteiger partial charge < -0.3 is 23.8 Å². The molecule has 1 aromatic carbocycles. The third-order valence-electron chi connectivity index (χ3n) is 2.48. The summed E-state index contributed by atoms with van der Waals surface area (Å²) >= 11 is 5.73. The van der Waals surface area contributed by atoms with E-state index >= 15 is 0 Å². The maximum Gasteiger partial charge on any atom is 0.286 e. The third kappa shape index (κ3) is 3.20. The molecule has 1 heterocycles. The van der Waals surface area contributed by atoms with E-state index in [0.29, 0.717) is 0 Å². The fourth-order valence-corrected chi connectivity index (χ4v) is 3.41. The Morgan fingerprint density at radius 3 is 2.70 bits per heavy atom. The average molecular weight is 339 g/mol. The zero-order chi connectivity index (χ0) is 15.1. The Balaban J connectivity index is 2.48. The first kappa shape index (κ1) is 15.4. The number of phosphoric acid groups is 1. The minimum atomic E-state index is -5.18. The molecule has 0 aliphatic carbocycles. The number of halogens is 1. The summed E-state index contributed by atoms with van der Waals surface area (Å²) in [6.45, 7) is 0.683. The summed E-state index contributed by atoms with van der Waals surface area (Å²) in [7, 11) is -9.10. The highest BCUT2D eigenvalue weighted by Crippen LogP contribution is 2.35. The number of amidine groups is 1. The predicted octanol–water partition coefficient (Wildman–Crippen LogP) is 0.0699. The summed E-state index contributed by atoms with van der Waals surface area (Å²) in [6.07, 6.45) is 0. The molecule has 0 N–H and O–H groups in total. The number of rotatable bonds is 3. The molecule has 0 amide bonds. The van der Waals surface area contributed by atoms with Crippen LogP contribution in [0.15, 0.2) is 27.5 Å². The van der Waals surface area contributed by atoms with E-state index in [-0.39, 0.29) is 21.4 Å². The van der Waals surface area contributed by atoms with Gasteiger partial charge in [0.2, 0.25) is 0 Å². The fourth-order valence-electron chi connectivity index (χ4n) is 1.66. The number of sulfonamides is 1. The minimum Gasteiger partial charge on any atom is -0.790 e. The summed E-state index contributed by atoms with van der Waals surface area (Å²) in [5.41, 5.74) is 0.135. The van der Waals surface area contributed by atoms with E-state index in [4.69, 9.17) is 11.6 Å². The minimum absolute atomic E-state index is 0.0201. The molecule has 2 rings (SSSR count). The van der Waals surface area contributed by atoms with Gasteiger partial charge in [0, 0.05) is 5.02 Å². The Kier molecular flexibility index (Phi) is 3.94. The lowest BCUT2D eigenvalue weighted by Gasteiger charge is -2.34. The first-order valence-corrected chi connectivity index (χ1v) is 8.43. The molecule has 0 saturated heterocycles. The SMILES string of the molecule is CC1=NS(=O)(=O)c2cc(Cl)ccc2N1COP(=O)([O-])[O-]. The van der Waals surface area contributed by atoms with Crippen molar-refractivity contribution in [1.29, 1.82) is 0 Å². The number of hydrogen-bond donors (Lipinski definition) is 0. The van der Waals surface area contributed by atoms with Gasteiger partial charge in [-0.15, -0.1) is 4.40 Å². The van der Waals surface area contributed by atoms with Crippen LogP contribution in [0.4, 0.5) is 5.69 Å². The first-order chi connectivity index (χ1) is 9.10. The molecule has 0 unspecified atom stereocenters. The van der Waals surface area contributed by atoms with Crippen LogP contribution >= 0.6 is 19.4 Å². The average Bonchev–Trinajstić information content (AvgIpc) is 2.27. The zero-order valence-electron chi connectivity index (χ0n) is 10.0. The Morgan fingerprint density at radius 1 is 1.45 bits per heavy atom. The lowest BCUT2D eigenvalue weighted by Crippen LogP contribution is -2.36. The van der Waals surface area contributed by atoms with Gasteiger partial charge in [0.15, 0.2) is 0 Å². The number of fused-ring (bicyclic) bond motifs is 1. The van der Waals surface area contributed by atoms with Crippen molar-refractivity contribution in [3.05, 3.63) is 23.2 Å². The van der Waals surface area contributed by atoms with Gasteiger partial charge in [-0.25, -0.2) is 0 Å². The Hall–Kier alpha value is -0.960. The molecule has 1 aromatic rings. The van der Waals surface area contributed by atoms with E-state index in [1.54, 1.807) is 0 Å². The molecular formula is C9H8ClN2O6PS-2. The van der Waals surface area contributed by atoms with Gasteiger partial charge in [-0.05, 0) is 25.1 Å². The van der Waals surface area contributed by atoms with Gasteiger partial charge >= 0.3 is 0 Å². The van der Waals surface area contributed by atoms with Crippen molar-refractivity contribution in [1.82, 2.24) is 0 Å². The summed E-state index contributed by atoms with van der Waals surface area (Å²) in [6, 6.07) is 3.98. The van der Waals surface area contributed by atoms with Crippen LogP contribution in [0.5, 0.6) is 0 Å². The molecule has 20 heavy (non-hydrogen) atoms. The van der Waals surface area contributed by atoms with Gasteiger partial charge in [0.05, 0.1) is 13.5 Å². The fraction of sp³-hybridized carbons (Fsp3) is 0.222. The lowest BCUT2D eigenvalue weighted by atomic mass is 10.3. The molecule has 0 radical (unpaired) electrons. The number of anilines is 1. The van der Waals surface area contributed by atoms with E-state index in [9.17, 15) is 22.8 Å². The quantitative estimate of drug-likeness (QED) is 0.714. The molecule has 110 valence electrons. The lowest BCUT2D eigenvalue weighted by molar-refractivity contribution is -0.341. The Bertz CT molecular complexity index is 728. The molecule has 11 heteroatoms. The molecule has 0 bridgehead atoms. The normalized spacial score (nSPS) is 17.6. The van der Waals surface area contributed by atoms with Crippen molar-refractivity contribution in [2.45, 2.75) is 11.8 Å². The second-order valence-electron chi connectivity index (χ2n) is 3.86. The van der Waals surface area contributed by atoms with Crippen LogP contribution in [-0.2, 0) is 19.1 Å². The van der Waals surface area contributed by atoms with Crippen molar-refractivity contribution < 1.29 is 27.3 Å². The van der Waals surface area contributed by atoms with Crippen LogP contribution in [0.25, 0.3) is 0 Å². The van der Waals surface area contributed by atoms with Crippen molar-refractivity contribution in [2.24, 2.45) is 4.40 Å². The molecule has 1 aliphatic heterocycles. The molecule has 1 aliphatic rings. The van der Waals surface area contributed by atoms with Crippen LogP contribution in [0.2, 0.25) is 5.02 Å². The monoisotopic (exact) mass is 338 g/mol. The highest BCUT2D eigenvalue weighted by Gasteiger charge is 2.29. The Morgan fingerprint density at radius 2 is 2.10 bits per heavy atom. The molecule has 0 spiro atoms.